The van der Waals surface area contributed by atoms with Crippen molar-refractivity contribution < 1.29 is 14.6 Å². The Hall–Kier alpha value is -0.160. The molecule has 1 aliphatic rings. The van der Waals surface area contributed by atoms with Crippen molar-refractivity contribution in [1.29, 1.82) is 0 Å². The molecule has 1 heterocycles. The molecular formula is C11H23NO3. The van der Waals surface area contributed by atoms with E-state index in [-0.39, 0.29) is 18.3 Å². The lowest BCUT2D eigenvalue weighted by Crippen LogP contribution is -2.37. The van der Waals surface area contributed by atoms with Crippen LogP contribution in [0.5, 0.6) is 0 Å². The molecule has 4 heteroatoms. The molecule has 90 valence electrons. The molecule has 3 atom stereocenters. The Morgan fingerprint density at radius 2 is 2.00 bits per heavy atom. The topological polar surface area (TPSA) is 50.7 Å². The van der Waals surface area contributed by atoms with Crippen molar-refractivity contribution in [2.24, 2.45) is 0 Å². The zero-order chi connectivity index (χ0) is 11.3. The molecule has 1 saturated heterocycles. The fraction of sp³-hybridized carbons (Fsp3) is 1.00. The summed E-state index contributed by atoms with van der Waals surface area (Å²) >= 11 is 0. The molecule has 0 bridgehead atoms. The summed E-state index contributed by atoms with van der Waals surface area (Å²) in [5, 5.41) is 12.4. The molecular weight excluding hydrogens is 194 g/mol. The third-order valence-electron chi connectivity index (χ3n) is 2.62. The van der Waals surface area contributed by atoms with Gasteiger partial charge in [-0.15, -0.1) is 0 Å². The van der Waals surface area contributed by atoms with Gasteiger partial charge in [0, 0.05) is 6.54 Å². The van der Waals surface area contributed by atoms with Gasteiger partial charge in [0.1, 0.15) is 0 Å². The summed E-state index contributed by atoms with van der Waals surface area (Å²) in [6.07, 6.45) is 2.20. The Morgan fingerprint density at radius 1 is 1.40 bits per heavy atom. The zero-order valence-corrected chi connectivity index (χ0v) is 9.90. The maximum absolute atomic E-state index is 9.49. The summed E-state index contributed by atoms with van der Waals surface area (Å²) in [7, 11) is 1.82. The fourth-order valence-corrected chi connectivity index (χ4v) is 2.02. The number of rotatable bonds is 5. The molecule has 0 spiro atoms. The predicted octanol–water partition coefficient (Wildman–Crippen LogP) is 0.539. The molecule has 0 radical (unpaired) electrons. The van der Waals surface area contributed by atoms with Gasteiger partial charge in [-0.25, -0.2) is 0 Å². The van der Waals surface area contributed by atoms with E-state index in [4.69, 9.17) is 9.47 Å². The van der Waals surface area contributed by atoms with Crippen molar-refractivity contribution in [3.8, 4) is 0 Å². The second-order valence-corrected chi connectivity index (χ2v) is 4.40. The first-order valence-electron chi connectivity index (χ1n) is 5.71. The molecule has 0 aromatic rings. The lowest BCUT2D eigenvalue weighted by Gasteiger charge is -2.32. The third kappa shape index (κ3) is 4.93. The van der Waals surface area contributed by atoms with Crippen LogP contribution < -0.4 is 5.32 Å². The van der Waals surface area contributed by atoms with E-state index in [1.165, 1.54) is 0 Å². The molecule has 0 aliphatic carbocycles. The van der Waals surface area contributed by atoms with Crippen molar-refractivity contribution in [3.63, 3.8) is 0 Å². The zero-order valence-electron chi connectivity index (χ0n) is 9.90. The molecule has 2 N–H and O–H groups in total. The number of nitrogens with one attached hydrogen (secondary N) is 1. The molecule has 1 fully saturated rings. The Kier molecular flexibility index (Phi) is 5.53. The standard InChI is InChI=1S/C11H23NO3/c1-8-4-11(5-9(2)15-8)14-7-10(13)6-12-3/h8-13H,4-7H2,1-3H3. The van der Waals surface area contributed by atoms with Gasteiger partial charge in [-0.2, -0.15) is 0 Å². The quantitative estimate of drug-likeness (QED) is 0.705. The van der Waals surface area contributed by atoms with E-state index in [0.29, 0.717) is 13.2 Å². The number of aliphatic hydroxyl groups excluding tert-OH is 1. The maximum atomic E-state index is 9.49. The molecule has 3 unspecified atom stereocenters. The summed E-state index contributed by atoms with van der Waals surface area (Å²) in [4.78, 5) is 0. The fourth-order valence-electron chi connectivity index (χ4n) is 2.02. The first-order chi connectivity index (χ1) is 7.11. The van der Waals surface area contributed by atoms with E-state index >= 15 is 0 Å². The highest BCUT2D eigenvalue weighted by Gasteiger charge is 2.25. The lowest BCUT2D eigenvalue weighted by molar-refractivity contribution is -0.113. The van der Waals surface area contributed by atoms with Crippen LogP contribution >= 0.6 is 0 Å². The van der Waals surface area contributed by atoms with E-state index in [0.717, 1.165) is 12.8 Å². The van der Waals surface area contributed by atoms with Crippen LogP contribution in [0.3, 0.4) is 0 Å². The number of likely N-dealkylation sites (N-methyl/N-ethyl adjacent to an activating group) is 1. The second-order valence-electron chi connectivity index (χ2n) is 4.40. The summed E-state index contributed by atoms with van der Waals surface area (Å²) < 4.78 is 11.3. The summed E-state index contributed by atoms with van der Waals surface area (Å²) in [5.74, 6) is 0. The number of ether oxygens (including phenoxy) is 2. The normalized spacial score (nSPS) is 34.0. The number of hydrogen-bond acceptors (Lipinski definition) is 4. The van der Waals surface area contributed by atoms with Crippen LogP contribution in [0.1, 0.15) is 26.7 Å². The van der Waals surface area contributed by atoms with Gasteiger partial charge in [-0.1, -0.05) is 0 Å². The minimum absolute atomic E-state index is 0.232. The van der Waals surface area contributed by atoms with Gasteiger partial charge in [-0.05, 0) is 33.7 Å². The van der Waals surface area contributed by atoms with E-state index in [1.54, 1.807) is 0 Å². The maximum Gasteiger partial charge on any atom is 0.0897 e. The SMILES string of the molecule is CNCC(O)COC1CC(C)OC(C)C1. The molecule has 1 aliphatic heterocycles. The van der Waals surface area contributed by atoms with Crippen molar-refractivity contribution >= 4 is 0 Å². The van der Waals surface area contributed by atoms with Gasteiger partial charge in [0.15, 0.2) is 0 Å². The first-order valence-corrected chi connectivity index (χ1v) is 5.71. The van der Waals surface area contributed by atoms with Gasteiger partial charge in [0.2, 0.25) is 0 Å². The minimum atomic E-state index is -0.413. The van der Waals surface area contributed by atoms with E-state index in [9.17, 15) is 5.11 Å². The van der Waals surface area contributed by atoms with Crippen LogP contribution in [0.2, 0.25) is 0 Å². The van der Waals surface area contributed by atoms with Crippen molar-refractivity contribution in [1.82, 2.24) is 5.32 Å². The Bertz CT molecular complexity index is 167. The molecule has 0 aromatic carbocycles. The lowest BCUT2D eigenvalue weighted by atomic mass is 10.0. The number of hydrogen-bond donors (Lipinski definition) is 2. The van der Waals surface area contributed by atoms with Crippen molar-refractivity contribution in [2.45, 2.75) is 51.1 Å². The second kappa shape index (κ2) is 6.43. The molecule has 15 heavy (non-hydrogen) atoms. The van der Waals surface area contributed by atoms with Gasteiger partial charge >= 0.3 is 0 Å². The Labute approximate surface area is 92.0 Å². The largest absolute Gasteiger partial charge is 0.389 e. The van der Waals surface area contributed by atoms with Crippen molar-refractivity contribution in [2.75, 3.05) is 20.2 Å². The van der Waals surface area contributed by atoms with Gasteiger partial charge < -0.3 is 19.9 Å². The summed E-state index contributed by atoms with van der Waals surface area (Å²) in [5.41, 5.74) is 0. The van der Waals surface area contributed by atoms with Crippen molar-refractivity contribution in [3.05, 3.63) is 0 Å². The highest BCUT2D eigenvalue weighted by molar-refractivity contribution is 4.74. The van der Waals surface area contributed by atoms with Gasteiger partial charge in [-0.3, -0.25) is 0 Å². The summed E-state index contributed by atoms with van der Waals surface area (Å²) in [6, 6.07) is 0. The van der Waals surface area contributed by atoms with E-state index < -0.39 is 6.10 Å². The Balaban J connectivity index is 2.20. The van der Waals surface area contributed by atoms with Gasteiger partial charge in [0.05, 0.1) is 31.0 Å². The Morgan fingerprint density at radius 3 is 2.53 bits per heavy atom. The minimum Gasteiger partial charge on any atom is -0.389 e. The van der Waals surface area contributed by atoms with Crippen LogP contribution in [0.15, 0.2) is 0 Å². The average molecular weight is 217 g/mol. The number of aliphatic hydroxyl groups is 1. The molecule has 0 amide bonds. The predicted molar refractivity (Wildman–Crippen MR) is 58.9 cm³/mol. The first kappa shape index (κ1) is 12.9. The third-order valence-corrected chi connectivity index (χ3v) is 2.62. The van der Waals surface area contributed by atoms with Crippen LogP contribution in [-0.2, 0) is 9.47 Å². The molecule has 0 aromatic heterocycles. The van der Waals surface area contributed by atoms with Crippen LogP contribution in [0.25, 0.3) is 0 Å². The van der Waals surface area contributed by atoms with Gasteiger partial charge in [0.25, 0.3) is 0 Å². The highest BCUT2D eigenvalue weighted by Crippen LogP contribution is 2.21. The van der Waals surface area contributed by atoms with E-state index in [2.05, 4.69) is 19.2 Å². The smallest absolute Gasteiger partial charge is 0.0897 e. The monoisotopic (exact) mass is 217 g/mol. The van der Waals surface area contributed by atoms with Crippen LogP contribution in [0.4, 0.5) is 0 Å². The van der Waals surface area contributed by atoms with E-state index in [1.807, 2.05) is 7.05 Å². The molecule has 1 rings (SSSR count). The highest BCUT2D eigenvalue weighted by atomic mass is 16.5. The molecule has 4 nitrogen and oxygen atoms in total. The van der Waals surface area contributed by atoms with Crippen LogP contribution in [0, 0.1) is 0 Å². The summed E-state index contributed by atoms with van der Waals surface area (Å²) in [6.45, 7) is 5.12. The molecule has 0 saturated carbocycles. The van der Waals surface area contributed by atoms with Crippen LogP contribution in [-0.4, -0.2) is 49.7 Å². The average Bonchev–Trinajstić information content (AvgIpc) is 2.14.